The number of rotatable bonds is 10. The Bertz CT molecular complexity index is 1150. The largest absolute Gasteiger partial charge is 0.493 e. The second-order valence-electron chi connectivity index (χ2n) is 9.52. The molecular formula is C28H33ClN2O4. The molecule has 2 heterocycles. The van der Waals surface area contributed by atoms with Crippen molar-refractivity contribution in [2.24, 2.45) is 5.92 Å². The van der Waals surface area contributed by atoms with Crippen molar-refractivity contribution in [2.75, 3.05) is 19.8 Å². The van der Waals surface area contributed by atoms with Gasteiger partial charge >= 0.3 is 0 Å². The molecule has 1 aromatic heterocycles. The lowest BCUT2D eigenvalue weighted by atomic mass is 10.0. The zero-order valence-electron chi connectivity index (χ0n) is 20.6. The first-order valence-corrected chi connectivity index (χ1v) is 12.5. The van der Waals surface area contributed by atoms with Crippen molar-refractivity contribution in [3.8, 4) is 17.0 Å². The van der Waals surface area contributed by atoms with Crippen LogP contribution in [0.1, 0.15) is 44.9 Å². The highest BCUT2D eigenvalue weighted by Gasteiger charge is 2.25. The molecule has 4 rings (SSSR count). The Morgan fingerprint density at radius 1 is 1.14 bits per heavy atom. The number of Topliss-reactive ketones (excluding diaryl/α,β-unsaturated/α-hetero) is 1. The number of ether oxygens (including phenoxy) is 3. The van der Waals surface area contributed by atoms with Crippen molar-refractivity contribution < 1.29 is 19.0 Å². The SMILES string of the molecule is CC(=O)C(C)(C)OCc1cc(-c2cccc(OCC3CCOCC3)c2)n(Cc2ccccc2Cl)n1. The molecule has 0 unspecified atom stereocenters. The van der Waals surface area contributed by atoms with Gasteiger partial charge in [0.25, 0.3) is 0 Å². The summed E-state index contributed by atoms with van der Waals surface area (Å²) in [6, 6.07) is 17.8. The van der Waals surface area contributed by atoms with E-state index in [2.05, 4.69) is 0 Å². The van der Waals surface area contributed by atoms with Crippen LogP contribution in [0.2, 0.25) is 5.02 Å². The topological polar surface area (TPSA) is 62.6 Å². The molecule has 6 nitrogen and oxygen atoms in total. The van der Waals surface area contributed by atoms with E-state index < -0.39 is 5.60 Å². The molecule has 35 heavy (non-hydrogen) atoms. The van der Waals surface area contributed by atoms with Crippen LogP contribution in [0.3, 0.4) is 0 Å². The molecule has 0 spiro atoms. The van der Waals surface area contributed by atoms with Crippen molar-refractivity contribution >= 4 is 17.4 Å². The van der Waals surface area contributed by atoms with Crippen molar-refractivity contribution in [3.05, 3.63) is 70.9 Å². The van der Waals surface area contributed by atoms with Crippen LogP contribution in [0, 0.1) is 5.92 Å². The molecule has 0 amide bonds. The summed E-state index contributed by atoms with van der Waals surface area (Å²) in [7, 11) is 0. The lowest BCUT2D eigenvalue weighted by Crippen LogP contribution is -2.32. The van der Waals surface area contributed by atoms with Crippen LogP contribution < -0.4 is 4.74 Å². The highest BCUT2D eigenvalue weighted by Crippen LogP contribution is 2.28. The number of ketones is 1. The molecule has 186 valence electrons. The Labute approximate surface area is 212 Å². The van der Waals surface area contributed by atoms with E-state index in [1.807, 2.05) is 59.3 Å². The van der Waals surface area contributed by atoms with Gasteiger partial charge in [-0.2, -0.15) is 5.10 Å². The number of carbonyl (C=O) groups excluding carboxylic acids is 1. The predicted octanol–water partition coefficient (Wildman–Crippen LogP) is 5.94. The fourth-order valence-electron chi connectivity index (χ4n) is 3.91. The molecule has 1 aliphatic heterocycles. The Balaban J connectivity index is 1.58. The average Bonchev–Trinajstić information content (AvgIpc) is 3.26. The van der Waals surface area contributed by atoms with Crippen molar-refractivity contribution in [1.29, 1.82) is 0 Å². The number of nitrogens with zero attached hydrogens (tertiary/aromatic N) is 2. The van der Waals surface area contributed by atoms with Gasteiger partial charge in [0.15, 0.2) is 5.78 Å². The third kappa shape index (κ3) is 6.72. The lowest BCUT2D eigenvalue weighted by molar-refractivity contribution is -0.139. The minimum Gasteiger partial charge on any atom is -0.493 e. The molecule has 0 N–H and O–H groups in total. The fourth-order valence-corrected chi connectivity index (χ4v) is 4.11. The second kappa shape index (κ2) is 11.4. The monoisotopic (exact) mass is 496 g/mol. The first kappa shape index (κ1) is 25.4. The van der Waals surface area contributed by atoms with E-state index in [1.165, 1.54) is 6.92 Å². The number of hydrogen-bond acceptors (Lipinski definition) is 5. The third-order valence-electron chi connectivity index (χ3n) is 6.49. The highest BCUT2D eigenvalue weighted by molar-refractivity contribution is 6.31. The van der Waals surface area contributed by atoms with Gasteiger partial charge in [-0.05, 0) is 69.4 Å². The number of hydrogen-bond donors (Lipinski definition) is 0. The highest BCUT2D eigenvalue weighted by atomic mass is 35.5. The summed E-state index contributed by atoms with van der Waals surface area (Å²) in [5, 5.41) is 5.49. The van der Waals surface area contributed by atoms with Crippen LogP contribution in [0.5, 0.6) is 5.75 Å². The Morgan fingerprint density at radius 3 is 2.66 bits per heavy atom. The molecule has 1 aliphatic rings. The van der Waals surface area contributed by atoms with Crippen LogP contribution in [0.15, 0.2) is 54.6 Å². The minimum atomic E-state index is -0.870. The van der Waals surface area contributed by atoms with E-state index in [1.54, 1.807) is 13.8 Å². The number of benzene rings is 2. The van der Waals surface area contributed by atoms with Crippen LogP contribution in [0.4, 0.5) is 0 Å². The zero-order chi connectivity index (χ0) is 24.8. The minimum absolute atomic E-state index is 0.0254. The normalized spacial score (nSPS) is 14.7. The molecule has 0 atom stereocenters. The molecule has 1 fully saturated rings. The maximum Gasteiger partial charge on any atom is 0.161 e. The Morgan fingerprint density at radius 2 is 1.91 bits per heavy atom. The van der Waals surface area contributed by atoms with Gasteiger partial charge in [0, 0.05) is 23.8 Å². The Kier molecular flexibility index (Phi) is 8.26. The van der Waals surface area contributed by atoms with Gasteiger partial charge in [-0.25, -0.2) is 0 Å². The van der Waals surface area contributed by atoms with Gasteiger partial charge in [-0.1, -0.05) is 41.9 Å². The van der Waals surface area contributed by atoms with Crippen molar-refractivity contribution in [1.82, 2.24) is 9.78 Å². The number of halogens is 1. The molecule has 7 heteroatoms. The van der Waals surface area contributed by atoms with Crippen molar-refractivity contribution in [2.45, 2.75) is 52.4 Å². The van der Waals surface area contributed by atoms with Gasteiger partial charge in [-0.3, -0.25) is 9.48 Å². The van der Waals surface area contributed by atoms with Gasteiger partial charge < -0.3 is 14.2 Å². The molecule has 1 saturated heterocycles. The summed E-state index contributed by atoms with van der Waals surface area (Å²) < 4.78 is 19.4. The summed E-state index contributed by atoms with van der Waals surface area (Å²) in [5.74, 6) is 1.32. The summed E-state index contributed by atoms with van der Waals surface area (Å²) in [5.41, 5.74) is 2.77. The molecule has 0 saturated carbocycles. The standard InChI is InChI=1S/C28H33ClN2O4/c1-20(32)28(2,3)35-19-24-16-27(31(30-24)17-23-7-4-5-10-26(23)29)22-8-6-9-25(15-22)34-18-21-11-13-33-14-12-21/h4-10,15-16,21H,11-14,17-19H2,1-3H3. The van der Waals surface area contributed by atoms with E-state index in [9.17, 15) is 4.79 Å². The number of aromatic nitrogens is 2. The predicted molar refractivity (Wildman–Crippen MR) is 137 cm³/mol. The summed E-state index contributed by atoms with van der Waals surface area (Å²) in [6.45, 7) is 8.12. The van der Waals surface area contributed by atoms with E-state index in [4.69, 9.17) is 30.9 Å². The van der Waals surface area contributed by atoms with Crippen LogP contribution in [-0.4, -0.2) is 41.0 Å². The van der Waals surface area contributed by atoms with E-state index in [0.717, 1.165) is 54.3 Å². The van der Waals surface area contributed by atoms with Crippen LogP contribution in [-0.2, 0) is 27.4 Å². The Hall–Kier alpha value is -2.67. The molecular weight excluding hydrogens is 464 g/mol. The van der Waals surface area contributed by atoms with E-state index >= 15 is 0 Å². The van der Waals surface area contributed by atoms with Gasteiger partial charge in [0.2, 0.25) is 0 Å². The second-order valence-corrected chi connectivity index (χ2v) is 9.93. The summed E-state index contributed by atoms with van der Waals surface area (Å²) in [4.78, 5) is 11.9. The van der Waals surface area contributed by atoms with Gasteiger partial charge in [-0.15, -0.1) is 0 Å². The van der Waals surface area contributed by atoms with E-state index in [0.29, 0.717) is 24.1 Å². The molecule has 0 radical (unpaired) electrons. The van der Waals surface area contributed by atoms with Crippen LogP contribution >= 0.6 is 11.6 Å². The lowest BCUT2D eigenvalue weighted by Gasteiger charge is -2.22. The van der Waals surface area contributed by atoms with Crippen LogP contribution in [0.25, 0.3) is 11.3 Å². The van der Waals surface area contributed by atoms with E-state index in [-0.39, 0.29) is 12.4 Å². The summed E-state index contributed by atoms with van der Waals surface area (Å²) >= 11 is 6.44. The third-order valence-corrected chi connectivity index (χ3v) is 6.86. The van der Waals surface area contributed by atoms with Crippen molar-refractivity contribution in [3.63, 3.8) is 0 Å². The molecule has 2 aromatic carbocycles. The maximum absolute atomic E-state index is 11.9. The first-order chi connectivity index (χ1) is 16.8. The van der Waals surface area contributed by atoms with Gasteiger partial charge in [0.05, 0.1) is 31.1 Å². The number of carbonyl (C=O) groups is 1. The molecule has 3 aromatic rings. The summed E-state index contributed by atoms with van der Waals surface area (Å²) in [6.07, 6.45) is 2.06. The smallest absolute Gasteiger partial charge is 0.161 e. The fraction of sp³-hybridized carbons (Fsp3) is 0.429. The average molecular weight is 497 g/mol. The zero-order valence-corrected chi connectivity index (χ0v) is 21.4. The maximum atomic E-state index is 11.9. The molecule has 0 aliphatic carbocycles. The van der Waals surface area contributed by atoms with Gasteiger partial charge in [0.1, 0.15) is 11.4 Å². The first-order valence-electron chi connectivity index (χ1n) is 12.1. The molecule has 0 bridgehead atoms. The quantitative estimate of drug-likeness (QED) is 0.347.